The van der Waals surface area contributed by atoms with Gasteiger partial charge in [-0.15, -0.1) is 0 Å². The lowest BCUT2D eigenvalue weighted by Gasteiger charge is -2.08. The van der Waals surface area contributed by atoms with E-state index in [2.05, 4.69) is 0 Å². The van der Waals surface area contributed by atoms with Gasteiger partial charge in [0, 0.05) is 10.7 Å². The number of hydrogen-bond acceptors (Lipinski definition) is 5. The Morgan fingerprint density at radius 2 is 1.86 bits per heavy atom. The van der Waals surface area contributed by atoms with Crippen LogP contribution in [0.5, 0.6) is 11.5 Å². The summed E-state index contributed by atoms with van der Waals surface area (Å²) < 4.78 is 28.3. The van der Waals surface area contributed by atoms with Crippen molar-refractivity contribution in [2.75, 3.05) is 0 Å². The van der Waals surface area contributed by atoms with Crippen LogP contribution in [0, 0.1) is 17.0 Å². The molecular weight excluding hydrogens is 318 g/mol. The molecule has 0 spiro atoms. The fraction of sp³-hybridized carbons (Fsp3) is 0.0769. The van der Waals surface area contributed by atoms with Gasteiger partial charge in [-0.3, -0.25) is 10.1 Å². The van der Waals surface area contributed by atoms with Crippen molar-refractivity contribution < 1.29 is 18.1 Å². The van der Waals surface area contributed by atoms with Crippen molar-refractivity contribution in [2.45, 2.75) is 11.8 Å². The number of rotatable bonds is 4. The van der Waals surface area contributed by atoms with Gasteiger partial charge in [0.2, 0.25) is 5.75 Å². The van der Waals surface area contributed by atoms with E-state index in [0.717, 1.165) is 11.6 Å². The SMILES string of the molecule is Cc1cccc(Oc2cccc(S(=O)(=O)Cl)c2[N+](=O)[O-])c1. The Labute approximate surface area is 125 Å². The van der Waals surface area contributed by atoms with E-state index < -0.39 is 24.6 Å². The maximum atomic E-state index is 11.4. The summed E-state index contributed by atoms with van der Waals surface area (Å²) in [5, 5.41) is 11.1. The van der Waals surface area contributed by atoms with Gasteiger partial charge in [0.25, 0.3) is 9.05 Å². The van der Waals surface area contributed by atoms with Gasteiger partial charge in [0.05, 0.1) is 4.92 Å². The van der Waals surface area contributed by atoms with Crippen LogP contribution < -0.4 is 4.74 Å². The first-order valence-electron chi connectivity index (χ1n) is 5.75. The lowest BCUT2D eigenvalue weighted by atomic mass is 10.2. The molecule has 2 aromatic carbocycles. The van der Waals surface area contributed by atoms with E-state index >= 15 is 0 Å². The molecule has 0 aliphatic rings. The van der Waals surface area contributed by atoms with Gasteiger partial charge in [-0.25, -0.2) is 8.42 Å². The molecule has 110 valence electrons. The Morgan fingerprint density at radius 1 is 1.19 bits per heavy atom. The first kappa shape index (κ1) is 15.3. The normalized spacial score (nSPS) is 11.1. The molecule has 0 bridgehead atoms. The van der Waals surface area contributed by atoms with Crippen LogP contribution in [0.4, 0.5) is 5.69 Å². The van der Waals surface area contributed by atoms with E-state index in [-0.39, 0.29) is 5.75 Å². The fourth-order valence-corrected chi connectivity index (χ4v) is 2.79. The molecular formula is C13H10ClNO5S. The van der Waals surface area contributed by atoms with E-state index in [0.29, 0.717) is 5.75 Å². The lowest BCUT2D eigenvalue weighted by molar-refractivity contribution is -0.388. The Balaban J connectivity index is 2.57. The maximum Gasteiger partial charge on any atom is 0.331 e. The second-order valence-electron chi connectivity index (χ2n) is 4.22. The highest BCUT2D eigenvalue weighted by Crippen LogP contribution is 2.37. The summed E-state index contributed by atoms with van der Waals surface area (Å²) in [6, 6.07) is 10.5. The van der Waals surface area contributed by atoms with E-state index in [4.69, 9.17) is 15.4 Å². The number of hydrogen-bond donors (Lipinski definition) is 0. The Kier molecular flexibility index (Phi) is 4.15. The highest BCUT2D eigenvalue weighted by atomic mass is 35.7. The van der Waals surface area contributed by atoms with Crippen LogP contribution in [0.25, 0.3) is 0 Å². The molecule has 0 heterocycles. The van der Waals surface area contributed by atoms with Crippen LogP contribution in [-0.2, 0) is 9.05 Å². The van der Waals surface area contributed by atoms with Crippen molar-refractivity contribution in [3.05, 3.63) is 58.1 Å². The number of aryl methyl sites for hydroxylation is 1. The summed E-state index contributed by atoms with van der Waals surface area (Å²) in [5.74, 6) is 0.176. The predicted octanol–water partition coefficient (Wildman–Crippen LogP) is 3.62. The maximum absolute atomic E-state index is 11.4. The summed E-state index contributed by atoms with van der Waals surface area (Å²) in [6.07, 6.45) is 0. The van der Waals surface area contributed by atoms with Crippen LogP contribution in [0.3, 0.4) is 0 Å². The second-order valence-corrected chi connectivity index (χ2v) is 6.75. The number of halogens is 1. The highest BCUT2D eigenvalue weighted by Gasteiger charge is 2.29. The highest BCUT2D eigenvalue weighted by molar-refractivity contribution is 8.13. The van der Waals surface area contributed by atoms with Gasteiger partial charge in [-0.1, -0.05) is 18.2 Å². The molecule has 0 fully saturated rings. The van der Waals surface area contributed by atoms with E-state index in [1.807, 2.05) is 13.0 Å². The Bertz CT molecular complexity index is 804. The van der Waals surface area contributed by atoms with Gasteiger partial charge in [0.15, 0.2) is 4.90 Å². The van der Waals surface area contributed by atoms with Crippen LogP contribution in [-0.4, -0.2) is 13.3 Å². The number of nitro benzene ring substituents is 1. The molecule has 6 nitrogen and oxygen atoms in total. The molecule has 8 heteroatoms. The third kappa shape index (κ3) is 3.50. The van der Waals surface area contributed by atoms with E-state index in [1.54, 1.807) is 18.2 Å². The summed E-state index contributed by atoms with van der Waals surface area (Å²) in [5.41, 5.74) is 0.213. The number of ether oxygens (including phenoxy) is 1. The molecule has 0 saturated heterocycles. The molecule has 0 atom stereocenters. The standard InChI is InChI=1S/C13H10ClNO5S/c1-9-4-2-5-10(8-9)20-11-6-3-7-12(21(14,18)19)13(11)15(16)17/h2-8H,1H3. The number of benzene rings is 2. The number of nitro groups is 1. The molecule has 0 radical (unpaired) electrons. The summed E-state index contributed by atoms with van der Waals surface area (Å²) in [4.78, 5) is 9.72. The van der Waals surface area contributed by atoms with Crippen LogP contribution >= 0.6 is 10.7 Å². The molecule has 0 N–H and O–H groups in total. The summed E-state index contributed by atoms with van der Waals surface area (Å²) in [7, 11) is 0.969. The van der Waals surface area contributed by atoms with Crippen molar-refractivity contribution in [1.82, 2.24) is 0 Å². The molecule has 2 aromatic rings. The largest absolute Gasteiger partial charge is 0.450 e. The summed E-state index contributed by atoms with van der Waals surface area (Å²) in [6.45, 7) is 1.83. The Hall–Kier alpha value is -2.12. The predicted molar refractivity (Wildman–Crippen MR) is 77.4 cm³/mol. The van der Waals surface area contributed by atoms with Crippen molar-refractivity contribution in [3.8, 4) is 11.5 Å². The van der Waals surface area contributed by atoms with Crippen molar-refractivity contribution >= 4 is 25.4 Å². The van der Waals surface area contributed by atoms with Crippen molar-refractivity contribution in [2.24, 2.45) is 0 Å². The van der Waals surface area contributed by atoms with Gasteiger partial charge < -0.3 is 4.74 Å². The third-order valence-electron chi connectivity index (χ3n) is 2.62. The Morgan fingerprint density at radius 3 is 2.43 bits per heavy atom. The van der Waals surface area contributed by atoms with E-state index in [9.17, 15) is 18.5 Å². The minimum Gasteiger partial charge on any atom is -0.450 e. The third-order valence-corrected chi connectivity index (χ3v) is 3.98. The molecule has 0 aromatic heterocycles. The zero-order valence-corrected chi connectivity index (χ0v) is 12.4. The fourth-order valence-electron chi connectivity index (χ4n) is 1.77. The molecule has 0 saturated carbocycles. The van der Waals surface area contributed by atoms with E-state index in [1.165, 1.54) is 12.1 Å². The molecule has 2 rings (SSSR count). The average molecular weight is 328 g/mol. The van der Waals surface area contributed by atoms with Crippen LogP contribution in [0.2, 0.25) is 0 Å². The number of nitrogens with zero attached hydrogens (tertiary/aromatic N) is 1. The van der Waals surface area contributed by atoms with Crippen LogP contribution in [0.1, 0.15) is 5.56 Å². The minimum atomic E-state index is -4.25. The first-order valence-corrected chi connectivity index (χ1v) is 8.06. The van der Waals surface area contributed by atoms with Crippen molar-refractivity contribution in [1.29, 1.82) is 0 Å². The zero-order valence-electron chi connectivity index (χ0n) is 10.8. The van der Waals surface area contributed by atoms with Gasteiger partial charge in [-0.05, 0) is 36.8 Å². The molecule has 21 heavy (non-hydrogen) atoms. The number of para-hydroxylation sites is 1. The molecule has 0 unspecified atom stereocenters. The average Bonchev–Trinajstić information content (AvgIpc) is 2.37. The smallest absolute Gasteiger partial charge is 0.331 e. The van der Waals surface area contributed by atoms with Crippen molar-refractivity contribution in [3.63, 3.8) is 0 Å². The minimum absolute atomic E-state index is 0.188. The molecule has 0 aliphatic carbocycles. The molecule has 0 amide bonds. The quantitative estimate of drug-likeness (QED) is 0.486. The monoisotopic (exact) mass is 327 g/mol. The first-order chi connectivity index (χ1) is 9.79. The van der Waals surface area contributed by atoms with Gasteiger partial charge in [-0.2, -0.15) is 0 Å². The lowest BCUT2D eigenvalue weighted by Crippen LogP contribution is -2.01. The summed E-state index contributed by atoms with van der Waals surface area (Å²) >= 11 is 0. The topological polar surface area (TPSA) is 86.5 Å². The van der Waals surface area contributed by atoms with Gasteiger partial charge >= 0.3 is 5.69 Å². The molecule has 0 aliphatic heterocycles. The second kappa shape index (κ2) is 5.71. The van der Waals surface area contributed by atoms with Crippen LogP contribution in [0.15, 0.2) is 47.4 Å². The zero-order chi connectivity index (χ0) is 15.6. The van der Waals surface area contributed by atoms with Gasteiger partial charge in [0.1, 0.15) is 5.75 Å².